The lowest BCUT2D eigenvalue weighted by molar-refractivity contribution is 1.15. The number of aryl methyl sites for hydroxylation is 2. The maximum absolute atomic E-state index is 6.17. The summed E-state index contributed by atoms with van der Waals surface area (Å²) in [5, 5.41) is 0.807. The van der Waals surface area contributed by atoms with Crippen LogP contribution in [0.15, 0.2) is 36.4 Å². The van der Waals surface area contributed by atoms with Crippen molar-refractivity contribution in [3.8, 4) is 0 Å². The normalized spacial score (nSPS) is 12.5. The van der Waals surface area contributed by atoms with Crippen molar-refractivity contribution in [2.24, 2.45) is 0 Å². The molecule has 0 heterocycles. The largest absolute Gasteiger partial charge is 0.0832 e. The lowest BCUT2D eigenvalue weighted by atomic mass is 10.0. The molecule has 18 heavy (non-hydrogen) atoms. The summed E-state index contributed by atoms with van der Waals surface area (Å²) in [6.45, 7) is 4.27. The second kappa shape index (κ2) is 5.93. The highest BCUT2D eigenvalue weighted by Gasteiger charge is 2.12. The Morgan fingerprint density at radius 2 is 1.61 bits per heavy atom. The molecule has 0 aromatic heterocycles. The number of rotatable bonds is 2. The minimum Gasteiger partial charge on any atom is -0.0832 e. The van der Waals surface area contributed by atoms with Crippen molar-refractivity contribution in [1.82, 2.24) is 0 Å². The first kappa shape index (κ1) is 14.4. The Labute approximate surface area is 135 Å². The zero-order chi connectivity index (χ0) is 13.3. The van der Waals surface area contributed by atoms with Gasteiger partial charge in [-0.05, 0) is 70.8 Å². The minimum absolute atomic E-state index is 0.186. The van der Waals surface area contributed by atoms with Crippen molar-refractivity contribution in [1.29, 1.82) is 0 Å². The van der Waals surface area contributed by atoms with Crippen LogP contribution in [-0.2, 0) is 0 Å². The third kappa shape index (κ3) is 3.09. The number of alkyl halides is 1. The highest BCUT2D eigenvalue weighted by molar-refractivity contribution is 14.1. The molecule has 0 aliphatic carbocycles. The van der Waals surface area contributed by atoms with Gasteiger partial charge in [0.15, 0.2) is 0 Å². The Morgan fingerprint density at radius 3 is 2.22 bits per heavy atom. The standard InChI is InChI=1S/C15H13BrClI/c1-9-3-4-11(7-10(9)2)15(16)12-5-6-14(18)13(17)8-12/h3-8,15H,1-2H3. The van der Waals surface area contributed by atoms with E-state index < -0.39 is 0 Å². The topological polar surface area (TPSA) is 0 Å². The van der Waals surface area contributed by atoms with E-state index in [0.717, 1.165) is 8.59 Å². The molecular formula is C15H13BrClI. The van der Waals surface area contributed by atoms with E-state index in [-0.39, 0.29) is 4.83 Å². The SMILES string of the molecule is Cc1ccc(C(Br)c2ccc(I)c(Cl)c2)cc1C. The van der Waals surface area contributed by atoms with Crippen LogP contribution in [0, 0.1) is 17.4 Å². The Kier molecular flexibility index (Phi) is 4.73. The minimum atomic E-state index is 0.186. The molecule has 1 unspecified atom stereocenters. The van der Waals surface area contributed by atoms with Gasteiger partial charge in [-0.1, -0.05) is 51.8 Å². The van der Waals surface area contributed by atoms with Crippen molar-refractivity contribution in [2.75, 3.05) is 0 Å². The summed E-state index contributed by atoms with van der Waals surface area (Å²) in [6.07, 6.45) is 0. The second-order valence-corrected chi connectivity index (χ2v) is 6.86. The van der Waals surface area contributed by atoms with Crippen LogP contribution in [0.5, 0.6) is 0 Å². The Balaban J connectivity index is 2.37. The summed E-state index contributed by atoms with van der Waals surface area (Å²) in [5.41, 5.74) is 5.08. The van der Waals surface area contributed by atoms with Crippen LogP contribution in [0.25, 0.3) is 0 Å². The Morgan fingerprint density at radius 1 is 1.00 bits per heavy atom. The maximum Gasteiger partial charge on any atom is 0.0645 e. The number of benzene rings is 2. The summed E-state index contributed by atoms with van der Waals surface area (Å²) >= 11 is 12.2. The molecule has 0 aliphatic rings. The number of hydrogen-bond donors (Lipinski definition) is 0. The Hall–Kier alpha value is -0.0600. The molecule has 0 aliphatic heterocycles. The van der Waals surface area contributed by atoms with E-state index in [1.165, 1.54) is 22.3 Å². The van der Waals surface area contributed by atoms with Crippen LogP contribution in [0.4, 0.5) is 0 Å². The first-order chi connectivity index (χ1) is 8.49. The summed E-state index contributed by atoms with van der Waals surface area (Å²) < 4.78 is 1.08. The highest BCUT2D eigenvalue weighted by Crippen LogP contribution is 2.34. The molecule has 0 amide bonds. The average Bonchev–Trinajstić information content (AvgIpc) is 2.35. The van der Waals surface area contributed by atoms with Crippen LogP contribution >= 0.6 is 50.1 Å². The molecular weight excluding hydrogens is 422 g/mol. The molecule has 1 atom stereocenters. The predicted molar refractivity (Wildman–Crippen MR) is 90.9 cm³/mol. The Bertz CT molecular complexity index is 529. The van der Waals surface area contributed by atoms with Crippen LogP contribution in [0.2, 0.25) is 5.02 Å². The summed E-state index contributed by atoms with van der Waals surface area (Å²) in [6, 6.07) is 12.7. The van der Waals surface area contributed by atoms with Gasteiger partial charge in [-0.25, -0.2) is 0 Å². The van der Waals surface area contributed by atoms with Gasteiger partial charge in [-0.2, -0.15) is 0 Å². The molecule has 94 valence electrons. The maximum atomic E-state index is 6.17. The molecule has 3 heteroatoms. The molecule has 2 rings (SSSR count). The summed E-state index contributed by atoms with van der Waals surface area (Å²) in [4.78, 5) is 0.186. The van der Waals surface area contributed by atoms with Gasteiger partial charge in [0.2, 0.25) is 0 Å². The van der Waals surface area contributed by atoms with E-state index in [1.807, 2.05) is 12.1 Å². The molecule has 2 aromatic carbocycles. The smallest absolute Gasteiger partial charge is 0.0645 e. The van der Waals surface area contributed by atoms with E-state index in [4.69, 9.17) is 11.6 Å². The van der Waals surface area contributed by atoms with Crippen LogP contribution < -0.4 is 0 Å². The monoisotopic (exact) mass is 434 g/mol. The molecule has 0 bridgehead atoms. The third-order valence-corrected chi connectivity index (χ3v) is 5.69. The van der Waals surface area contributed by atoms with E-state index in [9.17, 15) is 0 Å². The quantitative estimate of drug-likeness (QED) is 0.398. The van der Waals surface area contributed by atoms with Gasteiger partial charge < -0.3 is 0 Å². The fourth-order valence-electron chi connectivity index (χ4n) is 1.78. The van der Waals surface area contributed by atoms with Crippen LogP contribution in [0.3, 0.4) is 0 Å². The molecule has 0 spiro atoms. The summed E-state index contributed by atoms with van der Waals surface area (Å²) in [5.74, 6) is 0. The zero-order valence-electron chi connectivity index (χ0n) is 10.2. The lowest BCUT2D eigenvalue weighted by Gasteiger charge is -2.13. The molecule has 0 N–H and O–H groups in total. The van der Waals surface area contributed by atoms with Gasteiger partial charge in [-0.15, -0.1) is 0 Å². The fraction of sp³-hybridized carbons (Fsp3) is 0.200. The number of hydrogen-bond acceptors (Lipinski definition) is 0. The van der Waals surface area contributed by atoms with Gasteiger partial charge >= 0.3 is 0 Å². The molecule has 0 nitrogen and oxygen atoms in total. The van der Waals surface area contributed by atoms with Gasteiger partial charge in [0, 0.05) is 3.57 Å². The molecule has 0 saturated heterocycles. The zero-order valence-corrected chi connectivity index (χ0v) is 14.7. The van der Waals surface area contributed by atoms with Crippen molar-refractivity contribution in [3.63, 3.8) is 0 Å². The van der Waals surface area contributed by atoms with Gasteiger partial charge in [0.05, 0.1) is 9.85 Å². The molecule has 2 aromatic rings. The summed E-state index contributed by atoms with van der Waals surface area (Å²) in [7, 11) is 0. The van der Waals surface area contributed by atoms with Crippen LogP contribution in [0.1, 0.15) is 27.1 Å². The molecule has 0 radical (unpaired) electrons. The van der Waals surface area contributed by atoms with Crippen LogP contribution in [-0.4, -0.2) is 0 Å². The van der Waals surface area contributed by atoms with Crippen molar-refractivity contribution in [2.45, 2.75) is 18.7 Å². The van der Waals surface area contributed by atoms with E-state index in [2.05, 4.69) is 76.6 Å². The number of halogens is 3. The predicted octanol–water partition coefficient (Wildman–Crippen LogP) is 6.05. The van der Waals surface area contributed by atoms with E-state index in [1.54, 1.807) is 0 Å². The second-order valence-electron chi connectivity index (χ2n) is 4.38. The average molecular weight is 436 g/mol. The first-order valence-corrected chi connectivity index (χ1v) is 8.02. The van der Waals surface area contributed by atoms with Crippen molar-refractivity contribution in [3.05, 3.63) is 67.2 Å². The van der Waals surface area contributed by atoms with Gasteiger partial charge in [-0.3, -0.25) is 0 Å². The highest BCUT2D eigenvalue weighted by atomic mass is 127. The van der Waals surface area contributed by atoms with E-state index in [0.29, 0.717) is 0 Å². The van der Waals surface area contributed by atoms with E-state index >= 15 is 0 Å². The van der Waals surface area contributed by atoms with Crippen molar-refractivity contribution >= 4 is 50.1 Å². The first-order valence-electron chi connectivity index (χ1n) is 5.65. The molecule has 0 fully saturated rings. The van der Waals surface area contributed by atoms with Crippen molar-refractivity contribution < 1.29 is 0 Å². The lowest BCUT2D eigenvalue weighted by Crippen LogP contribution is -1.95. The third-order valence-electron chi connectivity index (χ3n) is 3.06. The molecule has 0 saturated carbocycles. The van der Waals surface area contributed by atoms with Gasteiger partial charge in [0.1, 0.15) is 0 Å². The fourth-order valence-corrected chi connectivity index (χ4v) is 2.88. The van der Waals surface area contributed by atoms with Gasteiger partial charge in [0.25, 0.3) is 0 Å².